The molecule has 1 heterocycles. The van der Waals surface area contributed by atoms with E-state index in [0.717, 1.165) is 5.01 Å². The highest BCUT2D eigenvalue weighted by Gasteiger charge is 2.50. The molecule has 3 aromatic rings. The quantitative estimate of drug-likeness (QED) is 0.660. The van der Waals surface area contributed by atoms with Gasteiger partial charge in [0, 0.05) is 5.38 Å². The molecule has 0 atom stereocenters. The molecule has 0 radical (unpaired) electrons. The molecule has 0 amide bonds. The summed E-state index contributed by atoms with van der Waals surface area (Å²) in [5.41, 5.74) is 0.705. The predicted octanol–water partition coefficient (Wildman–Crippen LogP) is 3.71. The highest BCUT2D eigenvalue weighted by atomic mass is 32.1. The van der Waals surface area contributed by atoms with E-state index in [1.54, 1.807) is 11.3 Å². The van der Waals surface area contributed by atoms with Crippen LogP contribution < -0.4 is 10.4 Å². The number of hydrogen-bond donors (Lipinski definition) is 1. The van der Waals surface area contributed by atoms with Crippen LogP contribution in [0, 0.1) is 0 Å². The Morgan fingerprint density at radius 1 is 0.962 bits per heavy atom. The molecule has 136 valence electrons. The monoisotopic (exact) mass is 383 g/mol. The largest absolute Gasteiger partial charge is 0.401 e. The second kappa shape index (κ2) is 7.84. The van der Waals surface area contributed by atoms with Gasteiger partial charge in [-0.3, -0.25) is 0 Å². The summed E-state index contributed by atoms with van der Waals surface area (Å²) in [5.74, 6) is 0. The van der Waals surface area contributed by atoms with Gasteiger partial charge in [-0.05, 0) is 15.4 Å². The number of hydrogen-bond acceptors (Lipinski definition) is 4. The smallest absolute Gasteiger partial charge is 0.261 e. The summed E-state index contributed by atoms with van der Waals surface area (Å²) >= 11 is 1.54. The number of aliphatic hydroxyl groups excluding tert-OH is 1. The van der Waals surface area contributed by atoms with Crippen LogP contribution in [0.1, 0.15) is 31.5 Å². The fourth-order valence-corrected chi connectivity index (χ4v) is 8.73. The minimum atomic E-state index is -2.53. The zero-order valence-electron chi connectivity index (χ0n) is 15.5. The third-order valence-corrected chi connectivity index (χ3v) is 10.4. The average Bonchev–Trinajstić information content (AvgIpc) is 3.11. The number of thiazole rings is 1. The molecule has 1 aromatic heterocycles. The van der Waals surface area contributed by atoms with Gasteiger partial charge in [-0.1, -0.05) is 81.4 Å². The lowest BCUT2D eigenvalue weighted by Gasteiger charge is -2.42. The molecular weight excluding hydrogens is 358 g/mol. The minimum absolute atomic E-state index is 0.0320. The molecule has 0 saturated carbocycles. The van der Waals surface area contributed by atoms with Crippen LogP contribution in [0.15, 0.2) is 66.0 Å². The van der Waals surface area contributed by atoms with Crippen LogP contribution in [0.2, 0.25) is 5.04 Å². The zero-order chi connectivity index (χ0) is 18.6. The lowest BCUT2D eigenvalue weighted by molar-refractivity contribution is 0.272. The van der Waals surface area contributed by atoms with Gasteiger partial charge in [0.05, 0.1) is 18.9 Å². The van der Waals surface area contributed by atoms with Crippen molar-refractivity contribution in [2.24, 2.45) is 0 Å². The van der Waals surface area contributed by atoms with Crippen molar-refractivity contribution in [3.8, 4) is 0 Å². The number of aliphatic hydroxyl groups is 1. The molecule has 0 saturated heterocycles. The first kappa shape index (κ1) is 19.0. The van der Waals surface area contributed by atoms with E-state index in [2.05, 4.69) is 74.3 Å². The van der Waals surface area contributed by atoms with Gasteiger partial charge in [-0.15, -0.1) is 11.3 Å². The molecule has 0 unspecified atom stereocenters. The zero-order valence-corrected chi connectivity index (χ0v) is 17.3. The summed E-state index contributed by atoms with van der Waals surface area (Å²) in [5, 5.41) is 14.5. The number of rotatable bonds is 6. The number of benzene rings is 2. The molecule has 26 heavy (non-hydrogen) atoms. The molecule has 1 N–H and O–H groups in total. The van der Waals surface area contributed by atoms with Crippen molar-refractivity contribution in [3.05, 3.63) is 76.7 Å². The Hall–Kier alpha value is -1.79. The second-order valence-corrected chi connectivity index (χ2v) is 12.6. The van der Waals surface area contributed by atoms with Crippen molar-refractivity contribution in [2.75, 3.05) is 0 Å². The predicted molar refractivity (Wildman–Crippen MR) is 110 cm³/mol. The first-order chi connectivity index (χ1) is 12.5. The molecule has 3 nitrogen and oxygen atoms in total. The Morgan fingerprint density at radius 3 is 1.92 bits per heavy atom. The van der Waals surface area contributed by atoms with E-state index in [0.29, 0.717) is 12.3 Å². The fraction of sp³-hybridized carbons (Fsp3) is 0.286. The summed E-state index contributed by atoms with van der Waals surface area (Å²) in [6.07, 6.45) is 0. The summed E-state index contributed by atoms with van der Waals surface area (Å²) in [6, 6.07) is 21.2. The van der Waals surface area contributed by atoms with E-state index in [4.69, 9.17) is 4.43 Å². The summed E-state index contributed by atoms with van der Waals surface area (Å²) < 4.78 is 6.82. The molecule has 5 heteroatoms. The highest BCUT2D eigenvalue weighted by Crippen LogP contribution is 2.37. The minimum Gasteiger partial charge on any atom is -0.401 e. The van der Waals surface area contributed by atoms with Crippen molar-refractivity contribution in [1.29, 1.82) is 0 Å². The van der Waals surface area contributed by atoms with E-state index in [-0.39, 0.29) is 11.6 Å². The van der Waals surface area contributed by atoms with Crippen LogP contribution in [0.4, 0.5) is 0 Å². The summed E-state index contributed by atoms with van der Waals surface area (Å²) in [6.45, 7) is 7.22. The van der Waals surface area contributed by atoms with Crippen molar-refractivity contribution in [2.45, 2.75) is 39.0 Å². The second-order valence-electron chi connectivity index (χ2n) is 7.34. The third kappa shape index (κ3) is 3.66. The van der Waals surface area contributed by atoms with Crippen LogP contribution in [0.3, 0.4) is 0 Å². The van der Waals surface area contributed by atoms with Crippen molar-refractivity contribution in [3.63, 3.8) is 0 Å². The van der Waals surface area contributed by atoms with Crippen LogP contribution in [0.25, 0.3) is 0 Å². The molecule has 0 fully saturated rings. The molecule has 0 bridgehead atoms. The topological polar surface area (TPSA) is 42.4 Å². The normalized spacial score (nSPS) is 12.3. The Kier molecular flexibility index (Phi) is 5.72. The maximum Gasteiger partial charge on any atom is 0.261 e. The van der Waals surface area contributed by atoms with Gasteiger partial charge in [0.2, 0.25) is 0 Å². The number of aromatic nitrogens is 1. The molecule has 0 aliphatic rings. The first-order valence-electron chi connectivity index (χ1n) is 8.76. The van der Waals surface area contributed by atoms with Crippen LogP contribution in [-0.4, -0.2) is 18.4 Å². The Bertz CT molecular complexity index is 788. The maximum absolute atomic E-state index is 9.28. The molecular formula is C21H25NO2SSi. The molecule has 3 rings (SSSR count). The van der Waals surface area contributed by atoms with E-state index in [1.165, 1.54) is 10.4 Å². The van der Waals surface area contributed by atoms with Gasteiger partial charge in [0.15, 0.2) is 0 Å². The van der Waals surface area contributed by atoms with Gasteiger partial charge >= 0.3 is 0 Å². The van der Waals surface area contributed by atoms with Crippen LogP contribution in [-0.2, 0) is 17.6 Å². The van der Waals surface area contributed by atoms with Gasteiger partial charge in [0.1, 0.15) is 5.01 Å². The third-order valence-electron chi connectivity index (χ3n) is 4.59. The highest BCUT2D eigenvalue weighted by molar-refractivity contribution is 7.09. The summed E-state index contributed by atoms with van der Waals surface area (Å²) in [4.78, 5) is 4.47. The van der Waals surface area contributed by atoms with Crippen molar-refractivity contribution in [1.82, 2.24) is 4.98 Å². The Balaban J connectivity index is 2.08. The van der Waals surface area contributed by atoms with E-state index in [1.807, 2.05) is 17.5 Å². The fourth-order valence-electron chi connectivity index (χ4n) is 3.42. The van der Waals surface area contributed by atoms with E-state index in [9.17, 15) is 5.11 Å². The van der Waals surface area contributed by atoms with Gasteiger partial charge in [-0.25, -0.2) is 4.98 Å². The lowest BCUT2D eigenvalue weighted by atomic mass is 10.2. The van der Waals surface area contributed by atoms with Gasteiger partial charge in [0.25, 0.3) is 8.32 Å². The van der Waals surface area contributed by atoms with Gasteiger partial charge < -0.3 is 9.53 Å². The summed E-state index contributed by atoms with van der Waals surface area (Å²) in [7, 11) is -2.53. The van der Waals surface area contributed by atoms with Crippen molar-refractivity contribution >= 4 is 30.0 Å². The number of nitrogens with zero attached hydrogens (tertiary/aromatic N) is 1. The SMILES string of the molecule is CC(C)(C)[Si](OCc1nc(CO)cs1)(c1ccccc1)c1ccccc1. The molecule has 2 aromatic carbocycles. The molecule has 0 spiro atoms. The van der Waals surface area contributed by atoms with Crippen LogP contribution in [0.5, 0.6) is 0 Å². The average molecular weight is 384 g/mol. The van der Waals surface area contributed by atoms with Crippen molar-refractivity contribution < 1.29 is 9.53 Å². The maximum atomic E-state index is 9.28. The first-order valence-corrected chi connectivity index (χ1v) is 11.6. The van der Waals surface area contributed by atoms with E-state index >= 15 is 0 Å². The van der Waals surface area contributed by atoms with E-state index < -0.39 is 8.32 Å². The lowest BCUT2D eigenvalue weighted by Crippen LogP contribution is -2.66. The Morgan fingerprint density at radius 2 is 1.50 bits per heavy atom. The standard InChI is InChI=1S/C21H25NO2SSi/c1-21(2,3)26(18-10-6-4-7-11-18,19-12-8-5-9-13-19)24-15-20-22-17(14-23)16-25-20/h4-13,16,23H,14-15H2,1-3H3. The Labute approximate surface area is 160 Å². The van der Waals surface area contributed by atoms with Crippen LogP contribution >= 0.6 is 11.3 Å². The molecule has 0 aliphatic carbocycles. The molecule has 0 aliphatic heterocycles. The van der Waals surface area contributed by atoms with Gasteiger partial charge in [-0.2, -0.15) is 0 Å².